The second kappa shape index (κ2) is 4.61. The molecule has 0 aliphatic carbocycles. The largest absolute Gasteiger partial charge is 0.320 e. The van der Waals surface area contributed by atoms with Gasteiger partial charge in [-0.05, 0) is 38.1 Å². The molecular formula is C13H12N4O2S. The van der Waals surface area contributed by atoms with Crippen LogP contribution < -0.4 is 5.43 Å². The molecule has 0 aliphatic heterocycles. The first-order chi connectivity index (χ1) is 9.58. The molecule has 2 heterocycles. The van der Waals surface area contributed by atoms with Crippen LogP contribution in [-0.4, -0.2) is 14.6 Å². The molecule has 102 valence electrons. The normalized spacial score (nSPS) is 10.9. The standard InChI is InChI=1S/C13H12N4O2S/c1-8-3-4-9(2)16(8)15-10-5-6-11-12(14-7-20-11)13(10)17(18)19/h3-7,15H,1-2H3. The van der Waals surface area contributed by atoms with Crippen molar-refractivity contribution in [2.75, 3.05) is 5.43 Å². The van der Waals surface area contributed by atoms with Gasteiger partial charge in [-0.15, -0.1) is 11.3 Å². The van der Waals surface area contributed by atoms with Gasteiger partial charge in [0, 0.05) is 11.4 Å². The monoisotopic (exact) mass is 288 g/mol. The maximum atomic E-state index is 11.4. The third kappa shape index (κ3) is 1.92. The van der Waals surface area contributed by atoms with E-state index in [1.807, 2.05) is 36.7 Å². The summed E-state index contributed by atoms with van der Waals surface area (Å²) >= 11 is 1.39. The van der Waals surface area contributed by atoms with E-state index < -0.39 is 4.92 Å². The van der Waals surface area contributed by atoms with Crippen LogP contribution in [0.4, 0.5) is 11.4 Å². The molecule has 0 bridgehead atoms. The third-order valence-electron chi connectivity index (χ3n) is 3.16. The predicted molar refractivity (Wildman–Crippen MR) is 79.2 cm³/mol. The van der Waals surface area contributed by atoms with Gasteiger partial charge < -0.3 is 0 Å². The molecule has 1 aromatic carbocycles. The van der Waals surface area contributed by atoms with Crippen LogP contribution in [-0.2, 0) is 0 Å². The smallest absolute Gasteiger partial charge is 0.288 e. The number of hydrogen-bond donors (Lipinski definition) is 1. The average Bonchev–Trinajstić information content (AvgIpc) is 2.99. The summed E-state index contributed by atoms with van der Waals surface area (Å²) in [6, 6.07) is 7.47. The highest BCUT2D eigenvalue weighted by Gasteiger charge is 2.21. The minimum atomic E-state index is -0.390. The van der Waals surface area contributed by atoms with Crippen molar-refractivity contribution in [1.29, 1.82) is 0 Å². The predicted octanol–water partition coefficient (Wildman–Crippen LogP) is 3.50. The Kier molecular flexibility index (Phi) is 2.90. The van der Waals surface area contributed by atoms with Crippen LogP contribution in [0.2, 0.25) is 0 Å². The maximum absolute atomic E-state index is 11.4. The Morgan fingerprint density at radius 1 is 1.25 bits per heavy atom. The lowest BCUT2D eigenvalue weighted by atomic mass is 10.2. The first-order valence-corrected chi connectivity index (χ1v) is 6.88. The van der Waals surface area contributed by atoms with Crippen LogP contribution >= 0.6 is 11.3 Å². The van der Waals surface area contributed by atoms with Gasteiger partial charge in [-0.1, -0.05) is 0 Å². The number of aromatic nitrogens is 2. The summed E-state index contributed by atoms with van der Waals surface area (Å²) in [5.41, 5.74) is 7.55. The average molecular weight is 288 g/mol. The van der Waals surface area contributed by atoms with Crippen molar-refractivity contribution in [3.63, 3.8) is 0 Å². The zero-order valence-corrected chi connectivity index (χ0v) is 11.8. The van der Waals surface area contributed by atoms with E-state index in [0.29, 0.717) is 11.2 Å². The molecule has 0 spiro atoms. The first-order valence-electron chi connectivity index (χ1n) is 6.00. The van der Waals surface area contributed by atoms with Gasteiger partial charge in [0.25, 0.3) is 0 Å². The summed E-state index contributed by atoms with van der Waals surface area (Å²) in [5, 5.41) is 11.4. The molecule has 0 radical (unpaired) electrons. The fourth-order valence-electron chi connectivity index (χ4n) is 2.16. The Morgan fingerprint density at radius 3 is 2.60 bits per heavy atom. The Bertz CT molecular complexity index is 786. The number of fused-ring (bicyclic) bond motifs is 1. The van der Waals surface area contributed by atoms with Gasteiger partial charge in [0.2, 0.25) is 0 Å². The second-order valence-electron chi connectivity index (χ2n) is 4.48. The summed E-state index contributed by atoms with van der Waals surface area (Å²) in [4.78, 5) is 15.1. The summed E-state index contributed by atoms with van der Waals surface area (Å²) in [6.07, 6.45) is 0. The van der Waals surface area contributed by atoms with Gasteiger partial charge in [0.1, 0.15) is 5.69 Å². The minimum absolute atomic E-state index is 0.0104. The quantitative estimate of drug-likeness (QED) is 0.591. The van der Waals surface area contributed by atoms with Crippen LogP contribution in [0.3, 0.4) is 0 Å². The molecule has 3 rings (SSSR count). The molecule has 1 N–H and O–H groups in total. The van der Waals surface area contributed by atoms with Crippen molar-refractivity contribution in [2.24, 2.45) is 0 Å². The van der Waals surface area contributed by atoms with E-state index in [2.05, 4.69) is 10.4 Å². The van der Waals surface area contributed by atoms with Crippen LogP contribution in [0, 0.1) is 24.0 Å². The van der Waals surface area contributed by atoms with E-state index in [1.54, 1.807) is 11.6 Å². The van der Waals surface area contributed by atoms with Crippen molar-refractivity contribution >= 4 is 32.9 Å². The Morgan fingerprint density at radius 2 is 1.95 bits per heavy atom. The molecule has 0 saturated heterocycles. The van der Waals surface area contributed by atoms with Crippen LogP contribution in [0.1, 0.15) is 11.4 Å². The zero-order chi connectivity index (χ0) is 14.3. The van der Waals surface area contributed by atoms with Crippen molar-refractivity contribution in [2.45, 2.75) is 13.8 Å². The highest BCUT2D eigenvalue weighted by Crippen LogP contribution is 2.34. The van der Waals surface area contributed by atoms with Crippen molar-refractivity contribution in [3.05, 3.63) is 51.3 Å². The summed E-state index contributed by atoms with van der Waals surface area (Å²) in [6.45, 7) is 3.88. The van der Waals surface area contributed by atoms with Crippen LogP contribution in [0.15, 0.2) is 29.8 Å². The van der Waals surface area contributed by atoms with Gasteiger partial charge in [0.05, 0.1) is 15.1 Å². The van der Waals surface area contributed by atoms with E-state index >= 15 is 0 Å². The zero-order valence-electron chi connectivity index (χ0n) is 11.0. The van der Waals surface area contributed by atoms with Crippen molar-refractivity contribution < 1.29 is 4.92 Å². The molecule has 0 atom stereocenters. The van der Waals surface area contributed by atoms with E-state index in [9.17, 15) is 10.1 Å². The SMILES string of the molecule is Cc1ccc(C)n1Nc1ccc2scnc2c1[N+](=O)[O-]. The molecule has 0 aliphatic rings. The first kappa shape index (κ1) is 12.6. The molecule has 0 amide bonds. The Hall–Kier alpha value is -2.41. The molecule has 0 saturated carbocycles. The number of rotatable bonds is 3. The lowest BCUT2D eigenvalue weighted by Gasteiger charge is -2.12. The van der Waals surface area contributed by atoms with E-state index in [1.165, 1.54) is 11.3 Å². The second-order valence-corrected chi connectivity index (χ2v) is 5.37. The highest BCUT2D eigenvalue weighted by molar-refractivity contribution is 7.16. The number of anilines is 1. The van der Waals surface area contributed by atoms with Gasteiger partial charge in [-0.25, -0.2) is 4.98 Å². The number of nitro groups is 1. The van der Waals surface area contributed by atoms with E-state index in [-0.39, 0.29) is 5.69 Å². The number of nitrogens with one attached hydrogen (secondary N) is 1. The Balaban J connectivity index is 2.16. The van der Waals surface area contributed by atoms with Gasteiger partial charge in [-0.2, -0.15) is 0 Å². The highest BCUT2D eigenvalue weighted by atomic mass is 32.1. The lowest BCUT2D eigenvalue weighted by Crippen LogP contribution is -2.13. The van der Waals surface area contributed by atoms with Gasteiger partial charge in [-0.3, -0.25) is 20.2 Å². The molecule has 20 heavy (non-hydrogen) atoms. The topological polar surface area (TPSA) is 73.0 Å². The maximum Gasteiger partial charge on any atom is 0.320 e. The molecule has 0 fully saturated rings. The van der Waals surface area contributed by atoms with Crippen LogP contribution in [0.25, 0.3) is 10.2 Å². The molecule has 7 heteroatoms. The molecular weight excluding hydrogens is 276 g/mol. The van der Waals surface area contributed by atoms with Crippen molar-refractivity contribution in [3.8, 4) is 0 Å². The molecule has 3 aromatic rings. The lowest BCUT2D eigenvalue weighted by molar-refractivity contribution is -0.382. The van der Waals surface area contributed by atoms with Gasteiger partial charge >= 0.3 is 5.69 Å². The Labute approximate surface area is 118 Å². The summed E-state index contributed by atoms with van der Waals surface area (Å²) in [5.74, 6) is 0. The third-order valence-corrected chi connectivity index (χ3v) is 3.96. The van der Waals surface area contributed by atoms with E-state index in [4.69, 9.17) is 0 Å². The summed E-state index contributed by atoms with van der Waals surface area (Å²) < 4.78 is 2.63. The van der Waals surface area contributed by atoms with Crippen LogP contribution in [0.5, 0.6) is 0 Å². The molecule has 0 unspecified atom stereocenters. The minimum Gasteiger partial charge on any atom is -0.288 e. The van der Waals surface area contributed by atoms with E-state index in [0.717, 1.165) is 16.1 Å². The number of benzene rings is 1. The number of nitro benzene ring substituents is 1. The number of hydrogen-bond acceptors (Lipinski definition) is 5. The fourth-order valence-corrected chi connectivity index (χ4v) is 2.84. The van der Waals surface area contributed by atoms with Crippen molar-refractivity contribution in [1.82, 2.24) is 9.66 Å². The molecule has 6 nitrogen and oxygen atoms in total. The summed E-state index contributed by atoms with van der Waals surface area (Å²) in [7, 11) is 0. The number of aryl methyl sites for hydroxylation is 2. The molecule has 2 aromatic heterocycles. The number of thiazole rings is 1. The fraction of sp³-hybridized carbons (Fsp3) is 0.154. The number of nitrogens with zero attached hydrogens (tertiary/aromatic N) is 3. The van der Waals surface area contributed by atoms with Gasteiger partial charge in [0.15, 0.2) is 5.52 Å².